The number of nitrogens with zero attached hydrogens (tertiary/aromatic N) is 1. The lowest BCUT2D eigenvalue weighted by Crippen LogP contribution is -2.37. The molecule has 2 aromatic rings. The number of morpholine rings is 1. The van der Waals surface area contributed by atoms with Gasteiger partial charge in [0.05, 0.1) is 24.6 Å². The zero-order chi connectivity index (χ0) is 19.3. The van der Waals surface area contributed by atoms with Crippen molar-refractivity contribution in [3.8, 4) is 5.75 Å². The molecule has 0 spiro atoms. The molecule has 1 aliphatic heterocycles. The summed E-state index contributed by atoms with van der Waals surface area (Å²) in [5.41, 5.74) is 3.15. The number of hydrogen-bond donors (Lipinski definition) is 1. The van der Waals surface area contributed by atoms with Crippen LogP contribution < -0.4 is 15.0 Å². The number of carbonyl (C=O) groups excluding carboxylic acids is 1. The first-order valence-electron chi connectivity index (χ1n) is 9.38. The van der Waals surface area contributed by atoms with Crippen molar-refractivity contribution in [2.45, 2.75) is 26.2 Å². The van der Waals surface area contributed by atoms with E-state index in [4.69, 9.17) is 9.47 Å². The lowest BCUT2D eigenvalue weighted by Gasteiger charge is -2.30. The first-order chi connectivity index (χ1) is 12.9. The highest BCUT2D eigenvalue weighted by Crippen LogP contribution is 2.27. The van der Waals surface area contributed by atoms with Gasteiger partial charge in [0.2, 0.25) is 0 Å². The monoisotopic (exact) mass is 368 g/mol. The van der Waals surface area contributed by atoms with Gasteiger partial charge in [0.1, 0.15) is 5.75 Å². The molecule has 0 unspecified atom stereocenters. The summed E-state index contributed by atoms with van der Waals surface area (Å²) in [4.78, 5) is 14.6. The molecule has 1 saturated heterocycles. The molecule has 0 aliphatic carbocycles. The van der Waals surface area contributed by atoms with Gasteiger partial charge in [0, 0.05) is 13.1 Å². The summed E-state index contributed by atoms with van der Waals surface area (Å²) in [6.45, 7) is 9.54. The van der Waals surface area contributed by atoms with E-state index < -0.39 is 0 Å². The molecule has 2 aromatic carbocycles. The number of para-hydroxylation sites is 2. The Labute approximate surface area is 161 Å². The fourth-order valence-electron chi connectivity index (χ4n) is 3.05. The van der Waals surface area contributed by atoms with Crippen LogP contribution >= 0.6 is 0 Å². The van der Waals surface area contributed by atoms with Crippen LogP contribution in [0.1, 0.15) is 26.3 Å². The van der Waals surface area contributed by atoms with Crippen molar-refractivity contribution in [1.82, 2.24) is 0 Å². The molecule has 1 fully saturated rings. The van der Waals surface area contributed by atoms with E-state index in [0.717, 1.165) is 24.5 Å². The van der Waals surface area contributed by atoms with Gasteiger partial charge in [-0.15, -0.1) is 0 Å². The summed E-state index contributed by atoms with van der Waals surface area (Å²) in [7, 11) is 0. The normalized spacial score (nSPS) is 14.7. The van der Waals surface area contributed by atoms with Gasteiger partial charge in [-0.05, 0) is 35.2 Å². The molecule has 3 rings (SSSR count). The lowest BCUT2D eigenvalue weighted by atomic mass is 9.87. The van der Waals surface area contributed by atoms with Crippen LogP contribution in [0.25, 0.3) is 0 Å². The lowest BCUT2D eigenvalue weighted by molar-refractivity contribution is -0.118. The van der Waals surface area contributed by atoms with E-state index in [1.165, 1.54) is 5.56 Å². The second-order valence-electron chi connectivity index (χ2n) is 7.73. The van der Waals surface area contributed by atoms with Crippen LogP contribution in [0.2, 0.25) is 0 Å². The fraction of sp³-hybridized carbons (Fsp3) is 0.409. The molecule has 1 aliphatic rings. The molecule has 0 aromatic heterocycles. The van der Waals surface area contributed by atoms with Crippen molar-refractivity contribution in [3.63, 3.8) is 0 Å². The van der Waals surface area contributed by atoms with Crippen LogP contribution in [0.3, 0.4) is 0 Å². The molecule has 0 radical (unpaired) electrons. The summed E-state index contributed by atoms with van der Waals surface area (Å²) in [6, 6.07) is 15.8. The van der Waals surface area contributed by atoms with Gasteiger partial charge in [0.15, 0.2) is 6.61 Å². The average Bonchev–Trinajstić information content (AvgIpc) is 2.67. The van der Waals surface area contributed by atoms with Crippen LogP contribution in [0, 0.1) is 0 Å². The van der Waals surface area contributed by atoms with Crippen molar-refractivity contribution in [3.05, 3.63) is 54.1 Å². The third-order valence-electron chi connectivity index (χ3n) is 4.62. The zero-order valence-electron chi connectivity index (χ0n) is 16.3. The van der Waals surface area contributed by atoms with Gasteiger partial charge >= 0.3 is 0 Å². The highest BCUT2D eigenvalue weighted by Gasteiger charge is 2.16. The number of benzene rings is 2. The maximum atomic E-state index is 12.4. The Bertz CT molecular complexity index is 760. The Hall–Kier alpha value is -2.53. The predicted octanol–water partition coefficient (Wildman–Crippen LogP) is 3.84. The van der Waals surface area contributed by atoms with Gasteiger partial charge in [-0.3, -0.25) is 4.79 Å². The van der Waals surface area contributed by atoms with E-state index in [2.05, 4.69) is 31.0 Å². The van der Waals surface area contributed by atoms with Crippen LogP contribution in [-0.2, 0) is 14.9 Å². The summed E-state index contributed by atoms with van der Waals surface area (Å²) in [6.07, 6.45) is 0. The summed E-state index contributed by atoms with van der Waals surface area (Å²) < 4.78 is 11.1. The first-order valence-corrected chi connectivity index (χ1v) is 9.38. The minimum atomic E-state index is -0.171. The summed E-state index contributed by atoms with van der Waals surface area (Å²) in [5, 5.41) is 2.97. The summed E-state index contributed by atoms with van der Waals surface area (Å²) >= 11 is 0. The van der Waals surface area contributed by atoms with E-state index >= 15 is 0 Å². The molecule has 5 heteroatoms. The average molecular weight is 368 g/mol. The third kappa shape index (κ3) is 5.23. The number of anilines is 2. The molecule has 1 N–H and O–H groups in total. The Morgan fingerprint density at radius 2 is 1.74 bits per heavy atom. The second-order valence-corrected chi connectivity index (χ2v) is 7.73. The number of amides is 1. The van der Waals surface area contributed by atoms with Gasteiger partial charge in [-0.25, -0.2) is 0 Å². The molecular formula is C22H28N2O3. The van der Waals surface area contributed by atoms with Gasteiger partial charge in [-0.1, -0.05) is 45.0 Å². The zero-order valence-corrected chi connectivity index (χ0v) is 16.3. The molecular weight excluding hydrogens is 340 g/mol. The summed E-state index contributed by atoms with van der Waals surface area (Å²) in [5.74, 6) is 0.523. The minimum Gasteiger partial charge on any atom is -0.484 e. The predicted molar refractivity (Wildman–Crippen MR) is 109 cm³/mol. The van der Waals surface area contributed by atoms with Gasteiger partial charge in [0.25, 0.3) is 5.91 Å². The Balaban J connectivity index is 1.58. The highest BCUT2D eigenvalue weighted by atomic mass is 16.5. The fourth-order valence-corrected chi connectivity index (χ4v) is 3.05. The molecule has 0 saturated carbocycles. The SMILES string of the molecule is CC(C)(C)c1ccc(OCC(=O)Nc2ccccc2N2CCOCC2)cc1. The van der Waals surface area contributed by atoms with Crippen LogP contribution in [-0.4, -0.2) is 38.8 Å². The van der Waals surface area contributed by atoms with Crippen LogP contribution in [0.5, 0.6) is 5.75 Å². The number of rotatable bonds is 5. The molecule has 1 heterocycles. The molecule has 0 bridgehead atoms. The van der Waals surface area contributed by atoms with Crippen molar-refractivity contribution in [1.29, 1.82) is 0 Å². The molecule has 0 atom stereocenters. The van der Waals surface area contributed by atoms with Crippen LogP contribution in [0.4, 0.5) is 11.4 Å². The van der Waals surface area contributed by atoms with E-state index in [0.29, 0.717) is 19.0 Å². The van der Waals surface area contributed by atoms with Gasteiger partial charge in [-0.2, -0.15) is 0 Å². The maximum Gasteiger partial charge on any atom is 0.262 e. The van der Waals surface area contributed by atoms with Crippen molar-refractivity contribution in [2.75, 3.05) is 43.1 Å². The molecule has 144 valence electrons. The van der Waals surface area contributed by atoms with E-state index in [9.17, 15) is 4.79 Å². The molecule has 1 amide bonds. The van der Waals surface area contributed by atoms with E-state index in [-0.39, 0.29) is 17.9 Å². The second kappa shape index (κ2) is 8.44. The number of carbonyl (C=O) groups is 1. The molecule has 27 heavy (non-hydrogen) atoms. The Kier molecular flexibility index (Phi) is 6.01. The van der Waals surface area contributed by atoms with Crippen molar-refractivity contribution < 1.29 is 14.3 Å². The maximum absolute atomic E-state index is 12.4. The van der Waals surface area contributed by atoms with Crippen molar-refractivity contribution in [2.24, 2.45) is 0 Å². The standard InChI is InChI=1S/C22H28N2O3/c1-22(2,3)17-8-10-18(11-9-17)27-16-21(25)23-19-6-4-5-7-20(19)24-12-14-26-15-13-24/h4-11H,12-16H2,1-3H3,(H,23,25). The topological polar surface area (TPSA) is 50.8 Å². The Morgan fingerprint density at radius 3 is 2.41 bits per heavy atom. The third-order valence-corrected chi connectivity index (χ3v) is 4.62. The van der Waals surface area contributed by atoms with Gasteiger partial charge < -0.3 is 19.7 Å². The first kappa shape index (κ1) is 19.2. The number of hydrogen-bond acceptors (Lipinski definition) is 4. The highest BCUT2D eigenvalue weighted by molar-refractivity contribution is 5.95. The van der Waals surface area contributed by atoms with E-state index in [1.54, 1.807) is 0 Å². The largest absolute Gasteiger partial charge is 0.484 e. The smallest absolute Gasteiger partial charge is 0.262 e. The quantitative estimate of drug-likeness (QED) is 0.871. The van der Waals surface area contributed by atoms with E-state index in [1.807, 2.05) is 48.5 Å². The minimum absolute atomic E-state index is 0.0215. The Morgan fingerprint density at radius 1 is 1.07 bits per heavy atom. The number of nitrogens with one attached hydrogen (secondary N) is 1. The number of ether oxygens (including phenoxy) is 2. The molecule has 5 nitrogen and oxygen atoms in total. The van der Waals surface area contributed by atoms with Crippen molar-refractivity contribution >= 4 is 17.3 Å². The van der Waals surface area contributed by atoms with Crippen LogP contribution in [0.15, 0.2) is 48.5 Å².